The molecule has 0 aromatic carbocycles. The van der Waals surface area contributed by atoms with Crippen molar-refractivity contribution in [1.82, 2.24) is 19.6 Å². The van der Waals surface area contributed by atoms with Gasteiger partial charge >= 0.3 is 0 Å². The predicted octanol–water partition coefficient (Wildman–Crippen LogP) is 2.49. The SMILES string of the molecule is CCCCCNC(=O)c1nc(C(=O)N2CCCC2)c2ccccn12. The highest BCUT2D eigenvalue weighted by atomic mass is 16.2. The second kappa shape index (κ2) is 7.47. The molecule has 0 bridgehead atoms. The molecule has 1 aliphatic heterocycles. The molecule has 3 heterocycles. The molecule has 2 amide bonds. The van der Waals surface area contributed by atoms with Crippen LogP contribution in [0.5, 0.6) is 0 Å². The maximum Gasteiger partial charge on any atom is 0.287 e. The van der Waals surface area contributed by atoms with Crippen LogP contribution in [-0.2, 0) is 0 Å². The number of aromatic nitrogens is 2. The Balaban J connectivity index is 1.86. The minimum absolute atomic E-state index is 0.0822. The summed E-state index contributed by atoms with van der Waals surface area (Å²) in [6.45, 7) is 4.29. The van der Waals surface area contributed by atoms with Crippen molar-refractivity contribution in [1.29, 1.82) is 0 Å². The molecule has 2 aromatic rings. The summed E-state index contributed by atoms with van der Waals surface area (Å²) in [4.78, 5) is 31.4. The van der Waals surface area contributed by atoms with Gasteiger partial charge < -0.3 is 10.2 Å². The van der Waals surface area contributed by atoms with Crippen LogP contribution in [0.25, 0.3) is 5.52 Å². The summed E-state index contributed by atoms with van der Waals surface area (Å²) in [5, 5.41) is 2.90. The fourth-order valence-corrected chi connectivity index (χ4v) is 3.08. The lowest BCUT2D eigenvalue weighted by Crippen LogP contribution is -2.28. The first-order chi connectivity index (χ1) is 11.7. The highest BCUT2D eigenvalue weighted by Gasteiger charge is 2.26. The quantitative estimate of drug-likeness (QED) is 0.829. The third-order valence-corrected chi connectivity index (χ3v) is 4.41. The summed E-state index contributed by atoms with van der Waals surface area (Å²) >= 11 is 0. The number of nitrogens with zero attached hydrogens (tertiary/aromatic N) is 3. The standard InChI is InChI=1S/C18H24N4O2/c1-2-3-5-10-19-17(23)16-20-15(14-9-4-6-13-22(14)16)18(24)21-11-7-8-12-21/h4,6,9,13H,2-3,5,7-8,10-12H2,1H3,(H,19,23). The summed E-state index contributed by atoms with van der Waals surface area (Å²) in [5.74, 6) is -0.0290. The maximum absolute atomic E-state index is 12.7. The van der Waals surface area contributed by atoms with Gasteiger partial charge in [-0.05, 0) is 31.4 Å². The molecule has 1 saturated heterocycles. The van der Waals surface area contributed by atoms with Crippen molar-refractivity contribution in [3.05, 3.63) is 35.9 Å². The van der Waals surface area contributed by atoms with Crippen molar-refractivity contribution in [2.24, 2.45) is 0 Å². The topological polar surface area (TPSA) is 66.7 Å². The van der Waals surface area contributed by atoms with Gasteiger partial charge in [-0.25, -0.2) is 4.98 Å². The monoisotopic (exact) mass is 328 g/mol. The van der Waals surface area contributed by atoms with Gasteiger partial charge in [-0.3, -0.25) is 14.0 Å². The van der Waals surface area contributed by atoms with Crippen LogP contribution in [-0.4, -0.2) is 45.7 Å². The molecule has 3 rings (SSSR count). The van der Waals surface area contributed by atoms with Gasteiger partial charge in [-0.1, -0.05) is 25.8 Å². The number of imidazole rings is 1. The van der Waals surface area contributed by atoms with Gasteiger partial charge in [-0.2, -0.15) is 0 Å². The van der Waals surface area contributed by atoms with Crippen LogP contribution >= 0.6 is 0 Å². The van der Waals surface area contributed by atoms with Gasteiger partial charge in [0.1, 0.15) is 0 Å². The largest absolute Gasteiger partial charge is 0.349 e. The molecule has 6 heteroatoms. The highest BCUT2D eigenvalue weighted by molar-refractivity contribution is 6.02. The van der Waals surface area contributed by atoms with E-state index in [9.17, 15) is 9.59 Å². The number of carbonyl (C=O) groups excluding carboxylic acids is 2. The maximum atomic E-state index is 12.7. The summed E-state index contributed by atoms with van der Waals surface area (Å²) in [7, 11) is 0. The zero-order valence-corrected chi connectivity index (χ0v) is 14.1. The zero-order valence-electron chi connectivity index (χ0n) is 14.1. The Labute approximate surface area is 141 Å². The Kier molecular flexibility index (Phi) is 5.13. The van der Waals surface area contributed by atoms with Crippen LogP contribution in [0.1, 0.15) is 60.1 Å². The fourth-order valence-electron chi connectivity index (χ4n) is 3.08. The van der Waals surface area contributed by atoms with Crippen molar-refractivity contribution >= 4 is 17.3 Å². The molecule has 1 aliphatic rings. The molecule has 6 nitrogen and oxygen atoms in total. The second-order valence-corrected chi connectivity index (χ2v) is 6.20. The number of hydrogen-bond donors (Lipinski definition) is 1. The van der Waals surface area contributed by atoms with Gasteiger partial charge in [-0.15, -0.1) is 0 Å². The Morgan fingerprint density at radius 1 is 1.21 bits per heavy atom. The lowest BCUT2D eigenvalue weighted by molar-refractivity contribution is 0.0789. The molecule has 0 aliphatic carbocycles. The van der Waals surface area contributed by atoms with Crippen LogP contribution in [0.3, 0.4) is 0 Å². The first kappa shape index (κ1) is 16.5. The van der Waals surface area contributed by atoms with Crippen LogP contribution < -0.4 is 5.32 Å². The van der Waals surface area contributed by atoms with E-state index in [0.29, 0.717) is 17.8 Å². The van der Waals surface area contributed by atoms with Crippen molar-refractivity contribution in [3.8, 4) is 0 Å². The molecule has 0 spiro atoms. The summed E-state index contributed by atoms with van der Waals surface area (Å²) in [6, 6.07) is 5.54. The minimum atomic E-state index is -0.229. The molecular formula is C18H24N4O2. The Morgan fingerprint density at radius 3 is 2.75 bits per heavy atom. The lowest BCUT2D eigenvalue weighted by atomic mass is 10.2. The normalized spacial score (nSPS) is 14.3. The zero-order chi connectivity index (χ0) is 16.9. The third kappa shape index (κ3) is 3.27. The smallest absolute Gasteiger partial charge is 0.287 e. The van der Waals surface area contributed by atoms with E-state index in [1.807, 2.05) is 23.1 Å². The molecule has 1 N–H and O–H groups in total. The van der Waals surface area contributed by atoms with Crippen molar-refractivity contribution < 1.29 is 9.59 Å². The van der Waals surface area contributed by atoms with Gasteiger partial charge in [0.2, 0.25) is 5.82 Å². The van der Waals surface area contributed by atoms with Gasteiger partial charge in [0.05, 0.1) is 5.52 Å². The van der Waals surface area contributed by atoms with E-state index in [0.717, 1.165) is 45.2 Å². The molecule has 0 radical (unpaired) electrons. The van der Waals surface area contributed by atoms with Crippen LogP contribution in [0.2, 0.25) is 0 Å². The van der Waals surface area contributed by atoms with Crippen molar-refractivity contribution in [2.45, 2.75) is 39.0 Å². The average molecular weight is 328 g/mol. The van der Waals surface area contributed by atoms with E-state index in [1.54, 1.807) is 10.6 Å². The van der Waals surface area contributed by atoms with Crippen LogP contribution in [0.15, 0.2) is 24.4 Å². The molecule has 128 valence electrons. The number of likely N-dealkylation sites (tertiary alicyclic amines) is 1. The van der Waals surface area contributed by atoms with E-state index in [2.05, 4.69) is 17.2 Å². The summed E-state index contributed by atoms with van der Waals surface area (Å²) < 4.78 is 1.71. The van der Waals surface area contributed by atoms with E-state index in [-0.39, 0.29) is 17.6 Å². The summed E-state index contributed by atoms with van der Waals surface area (Å²) in [5.41, 5.74) is 1.06. The van der Waals surface area contributed by atoms with Crippen molar-refractivity contribution in [3.63, 3.8) is 0 Å². The Bertz CT molecular complexity index is 732. The molecular weight excluding hydrogens is 304 g/mol. The van der Waals surface area contributed by atoms with Gasteiger partial charge in [0, 0.05) is 25.8 Å². The first-order valence-corrected chi connectivity index (χ1v) is 8.77. The summed E-state index contributed by atoms with van der Waals surface area (Å²) in [6.07, 6.45) is 6.98. The molecule has 1 fully saturated rings. The number of rotatable bonds is 6. The third-order valence-electron chi connectivity index (χ3n) is 4.41. The van der Waals surface area contributed by atoms with Crippen molar-refractivity contribution in [2.75, 3.05) is 19.6 Å². The molecule has 0 saturated carbocycles. The average Bonchev–Trinajstić information content (AvgIpc) is 3.26. The Hall–Kier alpha value is -2.37. The van der Waals surface area contributed by atoms with E-state index < -0.39 is 0 Å². The number of amides is 2. The van der Waals surface area contributed by atoms with Gasteiger partial charge in [0.15, 0.2) is 5.69 Å². The van der Waals surface area contributed by atoms with E-state index in [4.69, 9.17) is 0 Å². The van der Waals surface area contributed by atoms with Gasteiger partial charge in [0.25, 0.3) is 11.8 Å². The lowest BCUT2D eigenvalue weighted by Gasteiger charge is -2.13. The predicted molar refractivity (Wildman–Crippen MR) is 92.2 cm³/mol. The van der Waals surface area contributed by atoms with E-state index in [1.165, 1.54) is 0 Å². The number of nitrogens with one attached hydrogen (secondary N) is 1. The number of carbonyl (C=O) groups is 2. The molecule has 2 aromatic heterocycles. The Morgan fingerprint density at radius 2 is 2.00 bits per heavy atom. The van der Waals surface area contributed by atoms with Crippen LogP contribution in [0.4, 0.5) is 0 Å². The first-order valence-electron chi connectivity index (χ1n) is 8.77. The number of hydrogen-bond acceptors (Lipinski definition) is 3. The minimum Gasteiger partial charge on any atom is -0.349 e. The molecule has 24 heavy (non-hydrogen) atoms. The number of pyridine rings is 1. The van der Waals surface area contributed by atoms with E-state index >= 15 is 0 Å². The molecule has 0 atom stereocenters. The fraction of sp³-hybridized carbons (Fsp3) is 0.500. The highest BCUT2D eigenvalue weighted by Crippen LogP contribution is 2.18. The van der Waals surface area contributed by atoms with Crippen LogP contribution in [0, 0.1) is 0 Å². The number of fused-ring (bicyclic) bond motifs is 1. The molecule has 0 unspecified atom stereocenters. The second-order valence-electron chi connectivity index (χ2n) is 6.20. The number of unbranched alkanes of at least 4 members (excludes halogenated alkanes) is 2.